The molecule has 0 fully saturated rings. The van der Waals surface area contributed by atoms with Gasteiger partial charge in [-0.05, 0) is 6.92 Å². The van der Waals surface area contributed by atoms with Crippen LogP contribution in [-0.2, 0) is 23.1 Å². The summed E-state index contributed by atoms with van der Waals surface area (Å²) in [6.45, 7) is 4.47. The number of hydrogen-bond donors (Lipinski definition) is 1. The molecule has 0 radical (unpaired) electrons. The zero-order valence-electron chi connectivity index (χ0n) is 13.9. The Bertz CT molecular complexity index is 470. The van der Waals surface area contributed by atoms with Gasteiger partial charge < -0.3 is 19.9 Å². The molecule has 0 saturated heterocycles. The van der Waals surface area contributed by atoms with Crippen LogP contribution in [-0.4, -0.2) is 68.5 Å². The smallest absolute Gasteiger partial charge is 0.241 e. The van der Waals surface area contributed by atoms with E-state index in [4.69, 9.17) is 4.74 Å². The van der Waals surface area contributed by atoms with Crippen molar-refractivity contribution >= 4 is 11.7 Å². The molecule has 120 valence electrons. The summed E-state index contributed by atoms with van der Waals surface area (Å²) < 4.78 is 6.85. The van der Waals surface area contributed by atoms with Crippen LogP contribution in [0.15, 0.2) is 0 Å². The summed E-state index contributed by atoms with van der Waals surface area (Å²) in [6.07, 6.45) is 0. The normalized spacial score (nSPS) is 10.8. The molecule has 21 heavy (non-hydrogen) atoms. The van der Waals surface area contributed by atoms with Crippen molar-refractivity contribution < 1.29 is 9.53 Å². The van der Waals surface area contributed by atoms with Gasteiger partial charge in [0.25, 0.3) is 0 Å². The Kier molecular flexibility index (Phi) is 6.64. The number of rotatable bonds is 8. The second-order valence-corrected chi connectivity index (χ2v) is 5.32. The number of aromatic nitrogens is 2. The molecule has 0 aromatic carbocycles. The Balaban J connectivity index is 2.82. The van der Waals surface area contributed by atoms with Crippen molar-refractivity contribution in [2.24, 2.45) is 7.05 Å². The maximum atomic E-state index is 11.9. The lowest BCUT2D eigenvalue weighted by atomic mass is 10.2. The molecule has 0 atom stereocenters. The lowest BCUT2D eigenvalue weighted by Gasteiger charge is -2.22. The minimum Gasteiger partial charge on any atom is -0.383 e. The average molecular weight is 297 g/mol. The fourth-order valence-electron chi connectivity index (χ4n) is 2.18. The van der Waals surface area contributed by atoms with Crippen molar-refractivity contribution in [1.82, 2.24) is 20.0 Å². The van der Waals surface area contributed by atoms with Crippen LogP contribution >= 0.6 is 0 Å². The van der Waals surface area contributed by atoms with Crippen molar-refractivity contribution in [3.8, 4) is 0 Å². The first kappa shape index (κ1) is 17.5. The molecule has 0 unspecified atom stereocenters. The van der Waals surface area contributed by atoms with Crippen molar-refractivity contribution in [2.45, 2.75) is 13.5 Å². The second-order valence-electron chi connectivity index (χ2n) is 5.32. The zero-order valence-corrected chi connectivity index (χ0v) is 13.9. The van der Waals surface area contributed by atoms with E-state index in [-0.39, 0.29) is 5.91 Å². The van der Waals surface area contributed by atoms with E-state index in [2.05, 4.69) is 10.4 Å². The van der Waals surface area contributed by atoms with Crippen molar-refractivity contribution in [3.05, 3.63) is 11.3 Å². The average Bonchev–Trinajstić information content (AvgIpc) is 2.69. The summed E-state index contributed by atoms with van der Waals surface area (Å²) >= 11 is 0. The molecular formula is C14H27N5O2. The summed E-state index contributed by atoms with van der Waals surface area (Å²) in [7, 11) is 9.02. The first-order valence-corrected chi connectivity index (χ1v) is 7.01. The number of hydrogen-bond acceptors (Lipinski definition) is 5. The van der Waals surface area contributed by atoms with Crippen LogP contribution in [0, 0.1) is 6.92 Å². The number of amides is 1. The molecule has 0 aliphatic rings. The molecule has 1 amide bonds. The fraction of sp³-hybridized carbons (Fsp3) is 0.714. The third kappa shape index (κ3) is 4.71. The van der Waals surface area contributed by atoms with Gasteiger partial charge in [0.1, 0.15) is 5.82 Å². The van der Waals surface area contributed by atoms with Crippen LogP contribution in [0.25, 0.3) is 0 Å². The molecule has 1 aromatic rings. The Morgan fingerprint density at radius 1 is 1.38 bits per heavy atom. The quantitative estimate of drug-likeness (QED) is 0.684. The van der Waals surface area contributed by atoms with Gasteiger partial charge in [-0.25, -0.2) is 0 Å². The monoisotopic (exact) mass is 297 g/mol. The van der Waals surface area contributed by atoms with E-state index >= 15 is 0 Å². The van der Waals surface area contributed by atoms with Gasteiger partial charge in [0.2, 0.25) is 5.91 Å². The number of likely N-dealkylation sites (N-methyl/N-ethyl adjacent to an activating group) is 2. The number of nitrogens with zero attached hydrogens (tertiary/aromatic N) is 4. The highest BCUT2D eigenvalue weighted by Crippen LogP contribution is 2.22. The van der Waals surface area contributed by atoms with Crippen LogP contribution in [0.3, 0.4) is 0 Å². The first-order valence-electron chi connectivity index (χ1n) is 7.01. The fourth-order valence-corrected chi connectivity index (χ4v) is 2.18. The molecule has 0 spiro atoms. The van der Waals surface area contributed by atoms with E-state index < -0.39 is 0 Å². The molecule has 1 heterocycles. The lowest BCUT2D eigenvalue weighted by molar-refractivity contribution is -0.127. The van der Waals surface area contributed by atoms with E-state index in [1.807, 2.05) is 30.6 Å². The highest BCUT2D eigenvalue weighted by atomic mass is 16.5. The molecule has 7 heteroatoms. The predicted molar refractivity (Wildman–Crippen MR) is 83.5 cm³/mol. The third-order valence-electron chi connectivity index (χ3n) is 3.33. The van der Waals surface area contributed by atoms with Gasteiger partial charge in [-0.3, -0.25) is 9.48 Å². The number of carbonyl (C=O) groups excluding carboxylic acids is 1. The molecule has 0 saturated carbocycles. The number of anilines is 1. The standard InChI is InChI=1S/C14H27N5O2/c1-11-12(9-15-7-8-21-6)14(19(5)16-11)18(4)10-13(20)17(2)3/h15H,7-10H2,1-6H3. The second kappa shape index (κ2) is 7.99. The van der Waals surface area contributed by atoms with E-state index in [1.54, 1.807) is 26.1 Å². The molecular weight excluding hydrogens is 270 g/mol. The van der Waals surface area contributed by atoms with E-state index in [0.29, 0.717) is 19.7 Å². The maximum Gasteiger partial charge on any atom is 0.241 e. The van der Waals surface area contributed by atoms with Gasteiger partial charge >= 0.3 is 0 Å². The SMILES string of the molecule is COCCNCc1c(C)nn(C)c1N(C)CC(=O)N(C)C. The van der Waals surface area contributed by atoms with Crippen molar-refractivity contribution in [2.75, 3.05) is 52.8 Å². The Morgan fingerprint density at radius 3 is 2.62 bits per heavy atom. The molecule has 0 bridgehead atoms. The molecule has 0 aliphatic carbocycles. The minimum absolute atomic E-state index is 0.0645. The van der Waals surface area contributed by atoms with Crippen LogP contribution < -0.4 is 10.2 Å². The van der Waals surface area contributed by atoms with Gasteiger partial charge in [0, 0.05) is 54.0 Å². The number of ether oxygens (including phenoxy) is 1. The zero-order chi connectivity index (χ0) is 16.0. The van der Waals surface area contributed by atoms with Crippen LogP contribution in [0.4, 0.5) is 5.82 Å². The van der Waals surface area contributed by atoms with Crippen LogP contribution in [0.5, 0.6) is 0 Å². The number of nitrogens with one attached hydrogen (secondary N) is 1. The van der Waals surface area contributed by atoms with Crippen molar-refractivity contribution in [3.63, 3.8) is 0 Å². The van der Waals surface area contributed by atoms with Crippen LogP contribution in [0.2, 0.25) is 0 Å². The highest BCUT2D eigenvalue weighted by Gasteiger charge is 2.19. The van der Waals surface area contributed by atoms with E-state index in [1.165, 1.54) is 0 Å². The molecule has 0 aliphatic heterocycles. The first-order chi connectivity index (χ1) is 9.88. The Morgan fingerprint density at radius 2 is 2.05 bits per heavy atom. The molecule has 1 rings (SSSR count). The summed E-state index contributed by atoms with van der Waals surface area (Å²) in [4.78, 5) is 15.4. The summed E-state index contributed by atoms with van der Waals surface area (Å²) in [5, 5.41) is 7.79. The van der Waals surface area contributed by atoms with Gasteiger partial charge in [-0.1, -0.05) is 0 Å². The molecule has 7 nitrogen and oxygen atoms in total. The minimum atomic E-state index is 0.0645. The summed E-state index contributed by atoms with van der Waals surface area (Å²) in [6, 6.07) is 0. The van der Waals surface area contributed by atoms with Crippen molar-refractivity contribution in [1.29, 1.82) is 0 Å². The van der Waals surface area contributed by atoms with Gasteiger partial charge in [-0.2, -0.15) is 5.10 Å². The van der Waals surface area contributed by atoms with E-state index in [0.717, 1.165) is 23.6 Å². The van der Waals surface area contributed by atoms with Gasteiger partial charge in [0.15, 0.2) is 0 Å². The summed E-state index contributed by atoms with van der Waals surface area (Å²) in [5.41, 5.74) is 2.09. The molecule has 1 N–H and O–H groups in total. The predicted octanol–water partition coefficient (Wildman–Crippen LogP) is -0.0111. The Labute approximate surface area is 126 Å². The topological polar surface area (TPSA) is 62.6 Å². The molecule has 1 aromatic heterocycles. The number of carbonyl (C=O) groups is 1. The lowest BCUT2D eigenvalue weighted by Crippen LogP contribution is -2.35. The largest absolute Gasteiger partial charge is 0.383 e. The number of methoxy groups -OCH3 is 1. The van der Waals surface area contributed by atoms with E-state index in [9.17, 15) is 4.79 Å². The summed E-state index contributed by atoms with van der Waals surface area (Å²) in [5.74, 6) is 1.03. The number of aryl methyl sites for hydroxylation is 2. The van der Waals surface area contributed by atoms with Gasteiger partial charge in [-0.15, -0.1) is 0 Å². The van der Waals surface area contributed by atoms with Gasteiger partial charge in [0.05, 0.1) is 18.8 Å². The highest BCUT2D eigenvalue weighted by molar-refractivity contribution is 5.80. The maximum absolute atomic E-state index is 11.9. The third-order valence-corrected chi connectivity index (χ3v) is 3.33. The Hall–Kier alpha value is -1.60. The van der Waals surface area contributed by atoms with Crippen LogP contribution in [0.1, 0.15) is 11.3 Å².